The molecule has 0 saturated heterocycles. The van der Waals surface area contributed by atoms with Crippen molar-refractivity contribution in [1.82, 2.24) is 15.5 Å². The lowest BCUT2D eigenvalue weighted by atomic mass is 10.1. The molecule has 0 amide bonds. The Kier molecular flexibility index (Phi) is 4.90. The molecule has 0 aliphatic heterocycles. The van der Waals surface area contributed by atoms with Crippen LogP contribution >= 0.6 is 0 Å². The Morgan fingerprint density at radius 2 is 1.90 bits per heavy atom. The summed E-state index contributed by atoms with van der Waals surface area (Å²) in [6.07, 6.45) is 1.79. The van der Waals surface area contributed by atoms with Gasteiger partial charge in [0.2, 0.25) is 5.89 Å². The van der Waals surface area contributed by atoms with Gasteiger partial charge in [0.05, 0.1) is 6.04 Å². The van der Waals surface area contributed by atoms with Crippen molar-refractivity contribution in [2.24, 2.45) is 0 Å². The van der Waals surface area contributed by atoms with Crippen molar-refractivity contribution < 1.29 is 4.52 Å². The average Bonchev–Trinajstić information content (AvgIpc) is 2.90. The number of aryl methyl sites for hydroxylation is 2. The fraction of sp³-hybridized carbons (Fsp3) is 0.500. The van der Waals surface area contributed by atoms with Crippen LogP contribution in [-0.2, 0) is 12.8 Å². The van der Waals surface area contributed by atoms with Crippen molar-refractivity contribution in [1.29, 1.82) is 0 Å². The van der Waals surface area contributed by atoms with E-state index in [1.807, 2.05) is 6.92 Å². The van der Waals surface area contributed by atoms with E-state index in [0.29, 0.717) is 11.9 Å². The Balaban J connectivity index is 1.90. The zero-order chi connectivity index (χ0) is 14.5. The maximum absolute atomic E-state index is 5.26. The van der Waals surface area contributed by atoms with Crippen LogP contribution in [-0.4, -0.2) is 16.2 Å². The largest absolute Gasteiger partial charge is 0.338 e. The van der Waals surface area contributed by atoms with Gasteiger partial charge in [-0.2, -0.15) is 4.98 Å². The van der Waals surface area contributed by atoms with E-state index < -0.39 is 0 Å². The minimum Gasteiger partial charge on any atom is -0.338 e. The number of nitrogens with zero attached hydrogens (tertiary/aromatic N) is 2. The molecule has 20 heavy (non-hydrogen) atoms. The summed E-state index contributed by atoms with van der Waals surface area (Å²) in [4.78, 5) is 4.36. The molecule has 1 heterocycles. The van der Waals surface area contributed by atoms with Crippen LogP contribution in [0.3, 0.4) is 0 Å². The SMILES string of the molecule is CCc1noc(C(C)NC(C)Cc2ccc(C)cc2)n1. The molecule has 1 N–H and O–H groups in total. The first-order valence-corrected chi connectivity index (χ1v) is 7.22. The molecule has 0 aliphatic carbocycles. The molecule has 1 aromatic carbocycles. The molecule has 0 bridgehead atoms. The summed E-state index contributed by atoms with van der Waals surface area (Å²) in [6.45, 7) is 8.35. The zero-order valence-electron chi connectivity index (χ0n) is 12.7. The van der Waals surface area contributed by atoms with E-state index in [0.717, 1.165) is 18.7 Å². The van der Waals surface area contributed by atoms with Crippen molar-refractivity contribution in [3.05, 3.63) is 47.1 Å². The van der Waals surface area contributed by atoms with Gasteiger partial charge in [0.25, 0.3) is 0 Å². The third-order valence-corrected chi connectivity index (χ3v) is 3.37. The lowest BCUT2D eigenvalue weighted by Crippen LogP contribution is -2.30. The molecule has 4 nitrogen and oxygen atoms in total. The van der Waals surface area contributed by atoms with Crippen molar-refractivity contribution in [2.75, 3.05) is 0 Å². The predicted molar refractivity (Wildman–Crippen MR) is 79.6 cm³/mol. The first-order chi connectivity index (χ1) is 9.58. The molecule has 0 radical (unpaired) electrons. The van der Waals surface area contributed by atoms with Gasteiger partial charge >= 0.3 is 0 Å². The normalized spacial score (nSPS) is 14.2. The molecule has 2 atom stereocenters. The fourth-order valence-electron chi connectivity index (χ4n) is 2.22. The number of hydrogen-bond acceptors (Lipinski definition) is 4. The summed E-state index contributed by atoms with van der Waals surface area (Å²) in [6, 6.07) is 9.08. The third kappa shape index (κ3) is 3.90. The molecule has 2 aromatic rings. The van der Waals surface area contributed by atoms with Gasteiger partial charge in [-0.05, 0) is 32.8 Å². The van der Waals surface area contributed by atoms with Gasteiger partial charge in [-0.1, -0.05) is 41.9 Å². The van der Waals surface area contributed by atoms with E-state index in [9.17, 15) is 0 Å². The summed E-state index contributed by atoms with van der Waals surface area (Å²) in [5, 5.41) is 7.43. The standard InChI is InChI=1S/C16H23N3O/c1-5-15-18-16(20-19-15)13(4)17-12(3)10-14-8-6-11(2)7-9-14/h6-9,12-13,17H,5,10H2,1-4H3. The van der Waals surface area contributed by atoms with Crippen molar-refractivity contribution >= 4 is 0 Å². The van der Waals surface area contributed by atoms with Crippen molar-refractivity contribution in [3.8, 4) is 0 Å². The van der Waals surface area contributed by atoms with Gasteiger partial charge in [-0.15, -0.1) is 0 Å². The topological polar surface area (TPSA) is 51.0 Å². The minimum atomic E-state index is 0.0725. The van der Waals surface area contributed by atoms with Gasteiger partial charge < -0.3 is 9.84 Å². The molecule has 4 heteroatoms. The van der Waals surface area contributed by atoms with Crippen LogP contribution in [0.4, 0.5) is 0 Å². The summed E-state index contributed by atoms with van der Waals surface area (Å²) in [5.41, 5.74) is 2.63. The molecule has 1 aromatic heterocycles. The second kappa shape index (κ2) is 6.66. The highest BCUT2D eigenvalue weighted by molar-refractivity contribution is 5.22. The predicted octanol–water partition coefficient (Wildman–Crippen LogP) is 3.22. The minimum absolute atomic E-state index is 0.0725. The van der Waals surface area contributed by atoms with E-state index in [1.54, 1.807) is 0 Å². The highest BCUT2D eigenvalue weighted by Crippen LogP contribution is 2.13. The lowest BCUT2D eigenvalue weighted by Gasteiger charge is -2.17. The van der Waals surface area contributed by atoms with Crippen LogP contribution in [0.2, 0.25) is 0 Å². The van der Waals surface area contributed by atoms with Gasteiger partial charge in [0.15, 0.2) is 5.82 Å². The number of benzene rings is 1. The summed E-state index contributed by atoms with van der Waals surface area (Å²) in [5.74, 6) is 1.43. The molecule has 2 unspecified atom stereocenters. The molecular weight excluding hydrogens is 250 g/mol. The Labute approximate surface area is 120 Å². The Morgan fingerprint density at radius 3 is 2.50 bits per heavy atom. The van der Waals surface area contributed by atoms with Crippen LogP contribution in [0.25, 0.3) is 0 Å². The van der Waals surface area contributed by atoms with E-state index in [2.05, 4.69) is 60.5 Å². The Bertz CT molecular complexity index is 533. The number of hydrogen-bond donors (Lipinski definition) is 1. The molecule has 108 valence electrons. The second-order valence-corrected chi connectivity index (χ2v) is 5.38. The average molecular weight is 273 g/mol. The quantitative estimate of drug-likeness (QED) is 0.878. The molecule has 2 rings (SSSR count). The van der Waals surface area contributed by atoms with Crippen LogP contribution in [0.1, 0.15) is 49.7 Å². The van der Waals surface area contributed by atoms with Crippen LogP contribution in [0, 0.1) is 6.92 Å². The number of nitrogens with one attached hydrogen (secondary N) is 1. The van der Waals surface area contributed by atoms with E-state index in [1.165, 1.54) is 11.1 Å². The third-order valence-electron chi connectivity index (χ3n) is 3.37. The highest BCUT2D eigenvalue weighted by atomic mass is 16.5. The van der Waals surface area contributed by atoms with Crippen molar-refractivity contribution in [2.45, 2.75) is 52.6 Å². The summed E-state index contributed by atoms with van der Waals surface area (Å²) < 4.78 is 5.26. The zero-order valence-corrected chi connectivity index (χ0v) is 12.7. The van der Waals surface area contributed by atoms with E-state index in [4.69, 9.17) is 4.52 Å². The van der Waals surface area contributed by atoms with E-state index in [-0.39, 0.29) is 6.04 Å². The van der Waals surface area contributed by atoms with Gasteiger partial charge in [-0.25, -0.2) is 0 Å². The fourth-order valence-corrected chi connectivity index (χ4v) is 2.22. The highest BCUT2D eigenvalue weighted by Gasteiger charge is 2.16. The number of rotatable bonds is 6. The Morgan fingerprint density at radius 1 is 1.20 bits per heavy atom. The monoisotopic (exact) mass is 273 g/mol. The Hall–Kier alpha value is -1.68. The van der Waals surface area contributed by atoms with Gasteiger partial charge in [0.1, 0.15) is 0 Å². The molecule has 0 aliphatic rings. The molecule has 0 saturated carbocycles. The lowest BCUT2D eigenvalue weighted by molar-refractivity contribution is 0.324. The molecular formula is C16H23N3O. The van der Waals surface area contributed by atoms with Crippen LogP contribution in [0.5, 0.6) is 0 Å². The van der Waals surface area contributed by atoms with E-state index >= 15 is 0 Å². The smallest absolute Gasteiger partial charge is 0.243 e. The maximum Gasteiger partial charge on any atom is 0.243 e. The molecule has 0 fully saturated rings. The molecule has 0 spiro atoms. The van der Waals surface area contributed by atoms with Crippen molar-refractivity contribution in [3.63, 3.8) is 0 Å². The van der Waals surface area contributed by atoms with Gasteiger partial charge in [-0.3, -0.25) is 0 Å². The summed E-state index contributed by atoms with van der Waals surface area (Å²) in [7, 11) is 0. The second-order valence-electron chi connectivity index (χ2n) is 5.38. The van der Waals surface area contributed by atoms with Crippen LogP contribution in [0.15, 0.2) is 28.8 Å². The summed E-state index contributed by atoms with van der Waals surface area (Å²) >= 11 is 0. The van der Waals surface area contributed by atoms with Gasteiger partial charge in [0, 0.05) is 12.5 Å². The van der Waals surface area contributed by atoms with Crippen LogP contribution < -0.4 is 5.32 Å². The number of aromatic nitrogens is 2. The maximum atomic E-state index is 5.26. The first kappa shape index (κ1) is 14.7. The first-order valence-electron chi connectivity index (χ1n) is 7.22.